The topological polar surface area (TPSA) is 47.3 Å². The molecule has 16 heavy (non-hydrogen) atoms. The van der Waals surface area contributed by atoms with Crippen LogP contribution < -0.4 is 11.3 Å². The van der Waals surface area contributed by atoms with Crippen LogP contribution >= 0.6 is 0 Å². The van der Waals surface area contributed by atoms with Gasteiger partial charge in [0.05, 0.1) is 18.2 Å². The Hall–Kier alpha value is -1.11. The summed E-state index contributed by atoms with van der Waals surface area (Å²) in [6.07, 6.45) is -4.39. The van der Waals surface area contributed by atoms with Gasteiger partial charge in [0.25, 0.3) is 0 Å². The lowest BCUT2D eigenvalue weighted by molar-refractivity contribution is -0.138. The van der Waals surface area contributed by atoms with Crippen LogP contribution in [-0.2, 0) is 10.9 Å². The lowest BCUT2D eigenvalue weighted by atomic mass is 10.0. The molecule has 0 aliphatic heterocycles. The molecule has 90 valence electrons. The first-order valence-corrected chi connectivity index (χ1v) is 4.62. The number of nitrogens with two attached hydrogens (primary N) is 1. The summed E-state index contributed by atoms with van der Waals surface area (Å²) in [7, 11) is 1.40. The van der Waals surface area contributed by atoms with E-state index >= 15 is 0 Å². The highest BCUT2D eigenvalue weighted by molar-refractivity contribution is 5.32. The lowest BCUT2D eigenvalue weighted by Gasteiger charge is -2.20. The van der Waals surface area contributed by atoms with Crippen LogP contribution in [0.25, 0.3) is 0 Å². The van der Waals surface area contributed by atoms with Crippen LogP contribution in [0.3, 0.4) is 0 Å². The van der Waals surface area contributed by atoms with Gasteiger partial charge in [-0.25, -0.2) is 0 Å². The van der Waals surface area contributed by atoms with Crippen molar-refractivity contribution in [2.24, 2.45) is 5.84 Å². The highest BCUT2D eigenvalue weighted by atomic mass is 19.4. The fraction of sp³-hybridized carbons (Fsp3) is 0.400. The Labute approximate surface area is 91.4 Å². The second-order valence-corrected chi connectivity index (χ2v) is 3.26. The quantitative estimate of drug-likeness (QED) is 0.617. The van der Waals surface area contributed by atoms with Crippen molar-refractivity contribution in [3.8, 4) is 0 Å². The number of ether oxygens (including phenoxy) is 1. The van der Waals surface area contributed by atoms with Gasteiger partial charge in [0, 0.05) is 7.11 Å². The molecule has 1 unspecified atom stereocenters. The van der Waals surface area contributed by atoms with E-state index in [2.05, 4.69) is 5.43 Å². The molecule has 0 radical (unpaired) electrons. The fourth-order valence-corrected chi connectivity index (χ4v) is 1.45. The number of hydrogen-bond acceptors (Lipinski definition) is 3. The average Bonchev–Trinajstić information content (AvgIpc) is 2.25. The van der Waals surface area contributed by atoms with Crippen LogP contribution in [0.15, 0.2) is 24.3 Å². The third kappa shape index (κ3) is 2.94. The van der Waals surface area contributed by atoms with Crippen molar-refractivity contribution in [3.63, 3.8) is 0 Å². The minimum absolute atomic E-state index is 0.0730. The predicted octanol–water partition coefficient (Wildman–Crippen LogP) is 1.86. The van der Waals surface area contributed by atoms with Crippen LogP contribution in [0.4, 0.5) is 13.2 Å². The van der Waals surface area contributed by atoms with Gasteiger partial charge in [-0.3, -0.25) is 11.3 Å². The number of alkyl halides is 3. The van der Waals surface area contributed by atoms with Crippen molar-refractivity contribution in [2.75, 3.05) is 13.7 Å². The Kier molecular flexibility index (Phi) is 4.28. The number of nitrogens with one attached hydrogen (secondary N) is 1. The third-order valence-electron chi connectivity index (χ3n) is 2.18. The maximum Gasteiger partial charge on any atom is 0.416 e. The van der Waals surface area contributed by atoms with E-state index < -0.39 is 17.8 Å². The molecular weight excluding hydrogens is 221 g/mol. The normalized spacial score (nSPS) is 13.8. The van der Waals surface area contributed by atoms with Crippen molar-refractivity contribution in [2.45, 2.75) is 12.2 Å². The second-order valence-electron chi connectivity index (χ2n) is 3.26. The Morgan fingerprint density at radius 2 is 2.00 bits per heavy atom. The molecule has 0 spiro atoms. The minimum Gasteiger partial charge on any atom is -0.383 e. The van der Waals surface area contributed by atoms with Crippen molar-refractivity contribution < 1.29 is 17.9 Å². The second kappa shape index (κ2) is 5.29. The van der Waals surface area contributed by atoms with Gasteiger partial charge >= 0.3 is 6.18 Å². The summed E-state index contributed by atoms with van der Waals surface area (Å²) in [5.74, 6) is 5.21. The van der Waals surface area contributed by atoms with Crippen molar-refractivity contribution >= 4 is 0 Å². The van der Waals surface area contributed by atoms with Crippen LogP contribution in [0.2, 0.25) is 0 Å². The van der Waals surface area contributed by atoms with Crippen LogP contribution in [-0.4, -0.2) is 13.7 Å². The van der Waals surface area contributed by atoms with Gasteiger partial charge in [-0.1, -0.05) is 18.2 Å². The SMILES string of the molecule is COCC(NN)c1ccccc1C(F)(F)F. The first-order valence-electron chi connectivity index (χ1n) is 4.62. The summed E-state index contributed by atoms with van der Waals surface area (Å²) in [6, 6.07) is 4.60. The van der Waals surface area contributed by atoms with Gasteiger partial charge in [0.15, 0.2) is 0 Å². The van der Waals surface area contributed by atoms with E-state index in [0.29, 0.717) is 0 Å². The van der Waals surface area contributed by atoms with Crippen LogP contribution in [0, 0.1) is 0 Å². The summed E-state index contributed by atoms with van der Waals surface area (Å²) in [5, 5.41) is 0. The van der Waals surface area contributed by atoms with E-state index in [0.717, 1.165) is 6.07 Å². The molecular formula is C10H13F3N2O. The van der Waals surface area contributed by atoms with E-state index in [1.165, 1.54) is 25.3 Å². The van der Waals surface area contributed by atoms with Gasteiger partial charge < -0.3 is 4.74 Å². The summed E-state index contributed by atoms with van der Waals surface area (Å²) in [4.78, 5) is 0. The van der Waals surface area contributed by atoms with E-state index in [1.54, 1.807) is 0 Å². The van der Waals surface area contributed by atoms with Crippen molar-refractivity contribution in [1.29, 1.82) is 0 Å². The highest BCUT2D eigenvalue weighted by Gasteiger charge is 2.34. The molecule has 1 atom stereocenters. The number of rotatable bonds is 4. The summed E-state index contributed by atoms with van der Waals surface area (Å²) in [6.45, 7) is 0.0730. The summed E-state index contributed by atoms with van der Waals surface area (Å²) in [5.41, 5.74) is 1.69. The molecule has 0 aromatic heterocycles. The van der Waals surface area contributed by atoms with Gasteiger partial charge in [-0.05, 0) is 11.6 Å². The average molecular weight is 234 g/mol. The number of methoxy groups -OCH3 is 1. The molecule has 0 saturated carbocycles. The zero-order chi connectivity index (χ0) is 12.2. The first-order chi connectivity index (χ1) is 7.50. The zero-order valence-corrected chi connectivity index (χ0v) is 8.71. The molecule has 3 N–H and O–H groups in total. The van der Waals surface area contributed by atoms with Crippen molar-refractivity contribution in [1.82, 2.24) is 5.43 Å². The molecule has 1 aromatic carbocycles. The number of benzene rings is 1. The molecule has 1 rings (SSSR count). The third-order valence-corrected chi connectivity index (χ3v) is 2.18. The molecule has 0 saturated heterocycles. The molecule has 0 aliphatic rings. The number of hydrogen-bond donors (Lipinski definition) is 2. The number of halogens is 3. The predicted molar refractivity (Wildman–Crippen MR) is 53.4 cm³/mol. The fourth-order valence-electron chi connectivity index (χ4n) is 1.45. The van der Waals surface area contributed by atoms with E-state index in [-0.39, 0.29) is 12.2 Å². The molecule has 0 amide bonds. The monoisotopic (exact) mass is 234 g/mol. The molecule has 0 aliphatic carbocycles. The molecule has 3 nitrogen and oxygen atoms in total. The summed E-state index contributed by atoms with van der Waals surface area (Å²) >= 11 is 0. The Bertz CT molecular complexity index is 341. The lowest BCUT2D eigenvalue weighted by Crippen LogP contribution is -2.32. The maximum absolute atomic E-state index is 12.7. The molecule has 6 heteroatoms. The minimum atomic E-state index is -4.39. The van der Waals surface area contributed by atoms with Crippen molar-refractivity contribution in [3.05, 3.63) is 35.4 Å². The Balaban J connectivity index is 3.11. The smallest absolute Gasteiger partial charge is 0.383 e. The standard InChI is InChI=1S/C10H13F3N2O/c1-16-6-9(15-14)7-4-2-3-5-8(7)10(11,12)13/h2-5,9,15H,6,14H2,1H3. The maximum atomic E-state index is 12.7. The van der Waals surface area contributed by atoms with Gasteiger partial charge in [0.1, 0.15) is 0 Å². The zero-order valence-electron chi connectivity index (χ0n) is 8.71. The molecule has 0 fully saturated rings. The van der Waals surface area contributed by atoms with Gasteiger partial charge in [0.2, 0.25) is 0 Å². The van der Waals surface area contributed by atoms with E-state index in [4.69, 9.17) is 10.6 Å². The first kappa shape index (κ1) is 13.0. The highest BCUT2D eigenvalue weighted by Crippen LogP contribution is 2.34. The number of hydrazine groups is 1. The molecule has 0 bridgehead atoms. The molecule has 1 aromatic rings. The Morgan fingerprint density at radius 1 is 1.38 bits per heavy atom. The van der Waals surface area contributed by atoms with Gasteiger partial charge in [-0.2, -0.15) is 13.2 Å². The Morgan fingerprint density at radius 3 is 2.50 bits per heavy atom. The van der Waals surface area contributed by atoms with Crippen LogP contribution in [0.1, 0.15) is 17.2 Å². The molecule has 0 heterocycles. The largest absolute Gasteiger partial charge is 0.416 e. The van der Waals surface area contributed by atoms with E-state index in [1.807, 2.05) is 0 Å². The van der Waals surface area contributed by atoms with Gasteiger partial charge in [-0.15, -0.1) is 0 Å². The van der Waals surface area contributed by atoms with E-state index in [9.17, 15) is 13.2 Å². The van der Waals surface area contributed by atoms with Crippen LogP contribution in [0.5, 0.6) is 0 Å². The summed E-state index contributed by atoms with van der Waals surface area (Å²) < 4.78 is 42.8.